The summed E-state index contributed by atoms with van der Waals surface area (Å²) in [5.41, 5.74) is 0. The number of rotatable bonds is 3. The Morgan fingerprint density at radius 2 is 2.12 bits per heavy atom. The highest BCUT2D eigenvalue weighted by atomic mass is 35.5. The maximum atomic E-state index is 11.7. The number of hydrogen-bond donors (Lipinski definition) is 0. The van der Waals surface area contributed by atoms with Crippen LogP contribution in [0.25, 0.3) is 0 Å². The molecule has 4 nitrogen and oxygen atoms in total. The average Bonchev–Trinajstić information content (AvgIpc) is 2.55. The average molecular weight is 299 g/mol. The van der Waals surface area contributed by atoms with Crippen LogP contribution in [0.5, 0.6) is 0 Å². The quantitative estimate of drug-likeness (QED) is 0.805. The van der Waals surface area contributed by atoms with Crippen LogP contribution in [0.2, 0.25) is 10.2 Å². The largest absolute Gasteiger partial charge is 0.336 e. The third-order valence-electron chi connectivity index (χ3n) is 1.71. The fourth-order valence-corrected chi connectivity index (χ4v) is 2.82. The number of nitrogens with zero attached hydrogens (tertiary/aromatic N) is 2. The zero-order chi connectivity index (χ0) is 12.3. The second-order valence-electron chi connectivity index (χ2n) is 2.89. The number of thioether (sulfide) groups is 1. The van der Waals surface area contributed by atoms with Gasteiger partial charge in [-0.1, -0.05) is 35.0 Å². The van der Waals surface area contributed by atoms with E-state index in [4.69, 9.17) is 23.2 Å². The highest BCUT2D eigenvalue weighted by Crippen LogP contribution is 2.31. The molecule has 0 bridgehead atoms. The summed E-state index contributed by atoms with van der Waals surface area (Å²) in [5, 5.41) is 0.0766. The molecule has 1 heterocycles. The molecule has 0 aliphatic rings. The van der Waals surface area contributed by atoms with Crippen molar-refractivity contribution in [3.63, 3.8) is 0 Å². The van der Waals surface area contributed by atoms with Crippen LogP contribution in [0.15, 0.2) is 0 Å². The molecule has 1 aromatic rings. The Hall–Kier alpha value is -0.300. The molecule has 1 rings (SSSR count). The Kier molecular flexibility index (Phi) is 5.04. The molecule has 0 saturated heterocycles. The van der Waals surface area contributed by atoms with Crippen LogP contribution < -0.4 is 0 Å². The molecular formula is C8H8Cl2N2O2S2. The van der Waals surface area contributed by atoms with E-state index < -0.39 is 0 Å². The summed E-state index contributed by atoms with van der Waals surface area (Å²) in [4.78, 5) is 24.3. The van der Waals surface area contributed by atoms with Crippen molar-refractivity contribution in [2.75, 3.05) is 12.9 Å². The zero-order valence-electron chi connectivity index (χ0n) is 8.49. The van der Waals surface area contributed by atoms with Gasteiger partial charge in [0.25, 0.3) is 0 Å². The van der Waals surface area contributed by atoms with Crippen LogP contribution in [-0.2, 0) is 4.79 Å². The van der Waals surface area contributed by atoms with Gasteiger partial charge in [0.05, 0.1) is 5.88 Å². The Balaban J connectivity index is 2.60. The lowest BCUT2D eigenvalue weighted by molar-refractivity contribution is -0.126. The summed E-state index contributed by atoms with van der Waals surface area (Å²) < 4.78 is 3.76. The van der Waals surface area contributed by atoms with E-state index in [1.54, 1.807) is 7.05 Å². The van der Waals surface area contributed by atoms with Gasteiger partial charge < -0.3 is 4.90 Å². The number of carbonyl (C=O) groups excluding carboxylic acids is 2. The van der Waals surface area contributed by atoms with Crippen LogP contribution in [0.1, 0.15) is 16.6 Å². The van der Waals surface area contributed by atoms with Gasteiger partial charge in [-0.25, -0.2) is 0 Å². The van der Waals surface area contributed by atoms with Crippen molar-refractivity contribution in [2.24, 2.45) is 0 Å². The van der Waals surface area contributed by atoms with Gasteiger partial charge in [-0.3, -0.25) is 9.59 Å². The van der Waals surface area contributed by atoms with E-state index in [2.05, 4.69) is 4.37 Å². The molecule has 1 amide bonds. The van der Waals surface area contributed by atoms with Gasteiger partial charge in [0, 0.05) is 14.0 Å². The van der Waals surface area contributed by atoms with Gasteiger partial charge in [0.2, 0.25) is 11.0 Å². The lowest BCUT2D eigenvalue weighted by atomic mass is 10.5. The van der Waals surface area contributed by atoms with E-state index in [0.29, 0.717) is 4.88 Å². The summed E-state index contributed by atoms with van der Waals surface area (Å²) in [6, 6.07) is 0. The Labute approximate surface area is 111 Å². The monoisotopic (exact) mass is 298 g/mol. The fraction of sp³-hybridized carbons (Fsp3) is 0.375. The minimum absolute atomic E-state index is 0.103. The van der Waals surface area contributed by atoms with Crippen molar-refractivity contribution in [1.82, 2.24) is 9.27 Å². The van der Waals surface area contributed by atoms with Crippen LogP contribution in [0.3, 0.4) is 0 Å². The van der Waals surface area contributed by atoms with Crippen LogP contribution in [0, 0.1) is 0 Å². The van der Waals surface area contributed by atoms with E-state index in [1.165, 1.54) is 11.8 Å². The molecule has 16 heavy (non-hydrogen) atoms. The molecule has 0 radical (unpaired) electrons. The normalized spacial score (nSPS) is 10.2. The fourth-order valence-electron chi connectivity index (χ4n) is 0.698. The predicted molar refractivity (Wildman–Crippen MR) is 67.4 cm³/mol. The summed E-state index contributed by atoms with van der Waals surface area (Å²) in [6.45, 7) is 1.43. The molecule has 1 aromatic heterocycles. The summed E-state index contributed by atoms with van der Waals surface area (Å²) in [7, 11) is 1.61. The summed E-state index contributed by atoms with van der Waals surface area (Å²) >= 11 is 13.4. The topological polar surface area (TPSA) is 50.3 Å². The molecular weight excluding hydrogens is 291 g/mol. The van der Waals surface area contributed by atoms with Crippen LogP contribution in [-0.4, -0.2) is 33.2 Å². The van der Waals surface area contributed by atoms with E-state index >= 15 is 0 Å². The van der Waals surface area contributed by atoms with Crippen LogP contribution >= 0.6 is 46.5 Å². The van der Waals surface area contributed by atoms with Gasteiger partial charge >= 0.3 is 0 Å². The highest BCUT2D eigenvalue weighted by Gasteiger charge is 2.18. The second kappa shape index (κ2) is 5.86. The number of amides is 1. The van der Waals surface area contributed by atoms with Gasteiger partial charge in [0.1, 0.15) is 9.90 Å². The standard InChI is InChI=1S/C8H8Cl2N2O2S2/c1-4(13)12(2)3-15-8(14)6-5(9)7(10)11-16-6/h3H2,1-2H3. The first-order valence-electron chi connectivity index (χ1n) is 4.13. The van der Waals surface area contributed by atoms with Crippen molar-refractivity contribution >= 4 is 57.5 Å². The first-order chi connectivity index (χ1) is 7.43. The summed E-state index contributed by atoms with van der Waals surface area (Å²) in [5.74, 6) is 0.175. The van der Waals surface area contributed by atoms with Crippen molar-refractivity contribution in [1.29, 1.82) is 0 Å². The van der Waals surface area contributed by atoms with E-state index in [-0.39, 0.29) is 27.1 Å². The van der Waals surface area contributed by atoms with Gasteiger partial charge in [-0.05, 0) is 11.5 Å². The van der Waals surface area contributed by atoms with E-state index in [0.717, 1.165) is 23.3 Å². The highest BCUT2D eigenvalue weighted by molar-refractivity contribution is 8.14. The molecule has 0 atom stereocenters. The maximum Gasteiger partial charge on any atom is 0.234 e. The Morgan fingerprint density at radius 3 is 2.56 bits per heavy atom. The van der Waals surface area contributed by atoms with Gasteiger partial charge in [-0.15, -0.1) is 0 Å². The number of hydrogen-bond acceptors (Lipinski definition) is 5. The minimum atomic E-state index is -0.234. The predicted octanol–water partition coefficient (Wildman–Crippen LogP) is 2.76. The Morgan fingerprint density at radius 1 is 1.50 bits per heavy atom. The molecule has 0 fully saturated rings. The maximum absolute atomic E-state index is 11.7. The van der Waals surface area contributed by atoms with Gasteiger partial charge in [-0.2, -0.15) is 4.37 Å². The molecule has 0 aliphatic carbocycles. The SMILES string of the molecule is CC(=O)N(C)CSC(=O)c1snc(Cl)c1Cl. The van der Waals surface area contributed by atoms with E-state index in [9.17, 15) is 9.59 Å². The first kappa shape index (κ1) is 13.8. The van der Waals surface area contributed by atoms with Crippen molar-refractivity contribution in [2.45, 2.75) is 6.92 Å². The number of carbonyl (C=O) groups is 2. The molecule has 88 valence electrons. The van der Waals surface area contributed by atoms with Gasteiger partial charge in [0.15, 0.2) is 5.15 Å². The lowest BCUT2D eigenvalue weighted by Crippen LogP contribution is -2.23. The number of aromatic nitrogens is 1. The molecule has 0 saturated carbocycles. The molecule has 0 aromatic carbocycles. The molecule has 8 heteroatoms. The molecule has 0 aliphatic heterocycles. The molecule has 0 spiro atoms. The third-order valence-corrected chi connectivity index (χ3v) is 4.62. The van der Waals surface area contributed by atoms with Crippen molar-refractivity contribution < 1.29 is 9.59 Å². The van der Waals surface area contributed by atoms with E-state index in [1.807, 2.05) is 0 Å². The minimum Gasteiger partial charge on any atom is -0.336 e. The smallest absolute Gasteiger partial charge is 0.234 e. The zero-order valence-corrected chi connectivity index (χ0v) is 11.6. The van der Waals surface area contributed by atoms with Crippen LogP contribution in [0.4, 0.5) is 0 Å². The van der Waals surface area contributed by atoms with Crippen molar-refractivity contribution in [3.8, 4) is 0 Å². The second-order valence-corrected chi connectivity index (χ2v) is 5.32. The third kappa shape index (κ3) is 3.35. The Bertz CT molecular complexity index is 422. The number of halogens is 2. The first-order valence-corrected chi connectivity index (χ1v) is 6.64. The molecule has 0 N–H and O–H groups in total. The summed E-state index contributed by atoms with van der Waals surface area (Å²) in [6.07, 6.45) is 0. The molecule has 0 unspecified atom stereocenters. The lowest BCUT2D eigenvalue weighted by Gasteiger charge is -2.12. The van der Waals surface area contributed by atoms with Crippen molar-refractivity contribution in [3.05, 3.63) is 15.1 Å².